The van der Waals surface area contributed by atoms with Crippen LogP contribution in [0.4, 0.5) is 10.5 Å². The van der Waals surface area contributed by atoms with Gasteiger partial charge in [0, 0.05) is 41.9 Å². The number of nitrogens with zero attached hydrogens (tertiary/aromatic N) is 3. The summed E-state index contributed by atoms with van der Waals surface area (Å²) in [5.74, 6) is 0.845. The van der Waals surface area contributed by atoms with Crippen molar-refractivity contribution in [1.82, 2.24) is 14.9 Å². The smallest absolute Gasteiger partial charge is 0.410 e. The van der Waals surface area contributed by atoms with Crippen LogP contribution in [0.25, 0.3) is 22.4 Å². The normalized spacial score (nSPS) is 15.0. The molecular weight excluding hydrogens is 432 g/mol. The summed E-state index contributed by atoms with van der Waals surface area (Å²) in [6.07, 6.45) is -0.245. The Kier molecular flexibility index (Phi) is 5.25. The van der Waals surface area contributed by atoms with E-state index >= 15 is 0 Å². The Morgan fingerprint density at radius 2 is 1.83 bits per heavy atom. The average Bonchev–Trinajstić information content (AvgIpc) is 3.11. The van der Waals surface area contributed by atoms with Crippen molar-refractivity contribution in [1.29, 1.82) is 0 Å². The second-order valence-corrected chi connectivity index (χ2v) is 9.13. The molecule has 1 aliphatic heterocycles. The number of aromatic nitrogens is 2. The second kappa shape index (κ2) is 7.71. The molecule has 0 atom stereocenters. The van der Waals surface area contributed by atoms with Crippen LogP contribution in [-0.4, -0.2) is 52.7 Å². The van der Waals surface area contributed by atoms with Crippen LogP contribution in [0.2, 0.25) is 0 Å². The summed E-state index contributed by atoms with van der Waals surface area (Å²) in [5.41, 5.74) is 3.64. The molecule has 0 unspecified atom stereocenters. The van der Waals surface area contributed by atoms with Gasteiger partial charge in [-0.25, -0.2) is 9.78 Å². The molecule has 1 saturated heterocycles. The number of para-hydroxylation sites is 2. The number of rotatable bonds is 2. The van der Waals surface area contributed by atoms with Crippen molar-refractivity contribution in [3.63, 3.8) is 0 Å². The van der Waals surface area contributed by atoms with Gasteiger partial charge in [-0.2, -0.15) is 0 Å². The lowest BCUT2D eigenvalue weighted by molar-refractivity contribution is 0.0240. The molecule has 0 bridgehead atoms. The molecule has 29 heavy (non-hydrogen) atoms. The first-order valence-electron chi connectivity index (χ1n) is 9.78. The van der Waals surface area contributed by atoms with Crippen LogP contribution >= 0.6 is 15.9 Å². The van der Waals surface area contributed by atoms with Gasteiger partial charge in [-0.05, 0) is 51.1 Å². The largest absolute Gasteiger partial charge is 0.444 e. The highest BCUT2D eigenvalue weighted by molar-refractivity contribution is 9.10. The zero-order valence-electron chi connectivity index (χ0n) is 16.9. The first kappa shape index (κ1) is 19.8. The Morgan fingerprint density at radius 3 is 2.52 bits per heavy atom. The fraction of sp³-hybridized carbons (Fsp3) is 0.364. The Bertz CT molecular complexity index is 1000. The second-order valence-electron chi connectivity index (χ2n) is 8.22. The molecule has 0 radical (unpaired) electrons. The third-order valence-corrected chi connectivity index (χ3v) is 5.37. The lowest BCUT2D eigenvalue weighted by atomic mass is 10.1. The van der Waals surface area contributed by atoms with Crippen LogP contribution < -0.4 is 4.90 Å². The fourth-order valence-corrected chi connectivity index (χ4v) is 3.87. The molecular formula is C22H25BrN4O2. The lowest BCUT2D eigenvalue weighted by Crippen LogP contribution is -2.50. The summed E-state index contributed by atoms with van der Waals surface area (Å²) >= 11 is 3.59. The van der Waals surface area contributed by atoms with Gasteiger partial charge >= 0.3 is 6.09 Å². The highest BCUT2D eigenvalue weighted by Crippen LogP contribution is 2.33. The molecule has 0 aliphatic carbocycles. The minimum atomic E-state index is -0.478. The number of H-pyrrole nitrogens is 1. The molecule has 0 saturated carbocycles. The molecule has 3 aromatic rings. The predicted molar refractivity (Wildman–Crippen MR) is 119 cm³/mol. The SMILES string of the molecule is CC(C)(C)OC(=O)N1CCN(c2ccc(Br)cc2-c2nc3ccccc3[nH]2)CC1. The molecule has 1 aromatic heterocycles. The molecule has 152 valence electrons. The predicted octanol–water partition coefficient (Wildman–Crippen LogP) is 5.05. The molecule has 1 aliphatic rings. The summed E-state index contributed by atoms with van der Waals surface area (Å²) in [4.78, 5) is 24.6. The third-order valence-electron chi connectivity index (χ3n) is 4.88. The van der Waals surface area contributed by atoms with Crippen LogP contribution in [-0.2, 0) is 4.74 Å². The number of benzene rings is 2. The number of halogens is 1. The molecule has 2 heterocycles. The van der Waals surface area contributed by atoms with Gasteiger partial charge in [0.25, 0.3) is 0 Å². The number of aromatic amines is 1. The van der Waals surface area contributed by atoms with E-state index in [1.807, 2.05) is 51.1 Å². The van der Waals surface area contributed by atoms with Crippen molar-refractivity contribution in [3.8, 4) is 11.4 Å². The van der Waals surface area contributed by atoms with Gasteiger partial charge in [-0.3, -0.25) is 0 Å². The fourth-order valence-electron chi connectivity index (χ4n) is 3.51. The number of ether oxygens (including phenoxy) is 1. The van der Waals surface area contributed by atoms with E-state index in [0.29, 0.717) is 13.1 Å². The van der Waals surface area contributed by atoms with E-state index in [2.05, 4.69) is 37.9 Å². The lowest BCUT2D eigenvalue weighted by Gasteiger charge is -2.37. The number of carbonyl (C=O) groups is 1. The van der Waals surface area contributed by atoms with Crippen LogP contribution in [0.1, 0.15) is 20.8 Å². The van der Waals surface area contributed by atoms with Gasteiger partial charge in [-0.1, -0.05) is 28.1 Å². The van der Waals surface area contributed by atoms with E-state index in [1.165, 1.54) is 0 Å². The van der Waals surface area contributed by atoms with E-state index in [1.54, 1.807) is 4.90 Å². The zero-order chi connectivity index (χ0) is 20.6. The van der Waals surface area contributed by atoms with E-state index in [9.17, 15) is 4.79 Å². The van der Waals surface area contributed by atoms with Gasteiger partial charge < -0.3 is 19.5 Å². The number of anilines is 1. The van der Waals surface area contributed by atoms with Gasteiger partial charge in [0.05, 0.1) is 11.0 Å². The molecule has 4 rings (SSSR count). The minimum Gasteiger partial charge on any atom is -0.444 e. The number of hydrogen-bond donors (Lipinski definition) is 1. The van der Waals surface area contributed by atoms with Crippen LogP contribution in [0.5, 0.6) is 0 Å². The van der Waals surface area contributed by atoms with Crippen molar-refractivity contribution in [2.24, 2.45) is 0 Å². The summed E-state index contributed by atoms with van der Waals surface area (Å²) in [6, 6.07) is 14.3. The topological polar surface area (TPSA) is 61.5 Å². The van der Waals surface area contributed by atoms with Gasteiger partial charge in [-0.15, -0.1) is 0 Å². The Hall–Kier alpha value is -2.54. The number of hydrogen-bond acceptors (Lipinski definition) is 4. The van der Waals surface area contributed by atoms with E-state index in [0.717, 1.165) is 45.7 Å². The molecule has 7 heteroatoms. The highest BCUT2D eigenvalue weighted by atomic mass is 79.9. The Labute approximate surface area is 179 Å². The molecule has 1 fully saturated rings. The maximum atomic E-state index is 12.4. The monoisotopic (exact) mass is 456 g/mol. The third kappa shape index (κ3) is 4.40. The number of piperazine rings is 1. The van der Waals surface area contributed by atoms with Crippen molar-refractivity contribution in [2.75, 3.05) is 31.1 Å². The van der Waals surface area contributed by atoms with Crippen molar-refractivity contribution >= 4 is 38.7 Å². The number of fused-ring (bicyclic) bond motifs is 1. The molecule has 1 N–H and O–H groups in total. The Morgan fingerprint density at radius 1 is 1.10 bits per heavy atom. The van der Waals surface area contributed by atoms with Crippen molar-refractivity contribution in [3.05, 3.63) is 46.9 Å². The molecule has 2 aromatic carbocycles. The number of nitrogens with one attached hydrogen (secondary N) is 1. The maximum absolute atomic E-state index is 12.4. The quantitative estimate of drug-likeness (QED) is 0.585. The first-order valence-corrected chi connectivity index (χ1v) is 10.6. The minimum absolute atomic E-state index is 0.245. The van der Waals surface area contributed by atoms with Crippen molar-refractivity contribution < 1.29 is 9.53 Å². The van der Waals surface area contributed by atoms with Crippen LogP contribution in [0.3, 0.4) is 0 Å². The molecule has 0 spiro atoms. The molecule has 6 nitrogen and oxygen atoms in total. The maximum Gasteiger partial charge on any atom is 0.410 e. The summed E-state index contributed by atoms with van der Waals surface area (Å²) in [6.45, 7) is 8.42. The zero-order valence-corrected chi connectivity index (χ0v) is 18.5. The first-order chi connectivity index (χ1) is 13.8. The molecule has 1 amide bonds. The summed E-state index contributed by atoms with van der Waals surface area (Å²) in [5, 5.41) is 0. The number of carbonyl (C=O) groups excluding carboxylic acids is 1. The van der Waals surface area contributed by atoms with Crippen molar-refractivity contribution in [2.45, 2.75) is 26.4 Å². The van der Waals surface area contributed by atoms with Crippen LogP contribution in [0.15, 0.2) is 46.9 Å². The van der Waals surface area contributed by atoms with E-state index in [-0.39, 0.29) is 6.09 Å². The summed E-state index contributed by atoms with van der Waals surface area (Å²) in [7, 11) is 0. The standard InChI is InChI=1S/C22H25BrN4O2/c1-22(2,3)29-21(28)27-12-10-26(11-13-27)19-9-8-15(23)14-16(19)20-24-17-6-4-5-7-18(17)25-20/h4-9,14H,10-13H2,1-3H3,(H,24,25). The Balaban J connectivity index is 1.56. The van der Waals surface area contributed by atoms with Gasteiger partial charge in [0.2, 0.25) is 0 Å². The van der Waals surface area contributed by atoms with E-state index in [4.69, 9.17) is 9.72 Å². The van der Waals surface area contributed by atoms with Gasteiger partial charge in [0.15, 0.2) is 0 Å². The summed E-state index contributed by atoms with van der Waals surface area (Å²) < 4.78 is 6.51. The van der Waals surface area contributed by atoms with E-state index < -0.39 is 5.60 Å². The number of amides is 1. The average molecular weight is 457 g/mol. The highest BCUT2D eigenvalue weighted by Gasteiger charge is 2.27. The van der Waals surface area contributed by atoms with Crippen LogP contribution in [0, 0.1) is 0 Å². The van der Waals surface area contributed by atoms with Gasteiger partial charge in [0.1, 0.15) is 11.4 Å². The number of imidazole rings is 1.